The van der Waals surface area contributed by atoms with Crippen LogP contribution in [0, 0.1) is 5.92 Å². The Hall–Kier alpha value is -2.70. The minimum absolute atomic E-state index is 0.0739. The molecule has 8 heteroatoms. The van der Waals surface area contributed by atoms with Gasteiger partial charge in [0.2, 0.25) is 5.91 Å². The zero-order valence-corrected chi connectivity index (χ0v) is 15.6. The fourth-order valence-electron chi connectivity index (χ4n) is 3.36. The van der Waals surface area contributed by atoms with E-state index in [1.807, 2.05) is 0 Å². The van der Waals surface area contributed by atoms with E-state index in [0.717, 1.165) is 4.90 Å². The molecule has 2 aliphatic heterocycles. The van der Waals surface area contributed by atoms with Crippen LogP contribution in [0.15, 0.2) is 53.6 Å². The van der Waals surface area contributed by atoms with Gasteiger partial charge in [0.1, 0.15) is 17.7 Å². The van der Waals surface area contributed by atoms with E-state index < -0.39 is 23.8 Å². The Kier molecular flexibility index (Phi) is 4.25. The molecule has 0 aliphatic carbocycles. The molecule has 4 rings (SSSR count). The highest BCUT2D eigenvalue weighted by Gasteiger charge is 2.58. The van der Waals surface area contributed by atoms with Crippen molar-refractivity contribution in [2.75, 3.05) is 9.91 Å². The van der Waals surface area contributed by atoms with E-state index in [0.29, 0.717) is 21.4 Å². The van der Waals surface area contributed by atoms with Crippen molar-refractivity contribution in [1.29, 1.82) is 0 Å². The summed E-state index contributed by atoms with van der Waals surface area (Å²) >= 11 is 11.8. The van der Waals surface area contributed by atoms with Crippen molar-refractivity contribution in [2.45, 2.75) is 13.0 Å². The van der Waals surface area contributed by atoms with Gasteiger partial charge in [0, 0.05) is 17.0 Å². The summed E-state index contributed by atoms with van der Waals surface area (Å²) in [6.45, 7) is 1.34. The van der Waals surface area contributed by atoms with Crippen molar-refractivity contribution >= 4 is 57.9 Å². The average Bonchev–Trinajstić information content (AvgIpc) is 3.15. The van der Waals surface area contributed by atoms with Gasteiger partial charge in [-0.1, -0.05) is 23.2 Å². The maximum absolute atomic E-state index is 13.1. The third kappa shape index (κ3) is 2.81. The largest absolute Gasteiger partial charge is 0.293 e. The summed E-state index contributed by atoms with van der Waals surface area (Å²) in [6.07, 6.45) is 0. The van der Waals surface area contributed by atoms with Gasteiger partial charge in [-0.05, 0) is 48.5 Å². The van der Waals surface area contributed by atoms with Crippen LogP contribution in [0.25, 0.3) is 0 Å². The van der Waals surface area contributed by atoms with Crippen LogP contribution in [0.3, 0.4) is 0 Å². The topological polar surface area (TPSA) is 70.1 Å². The number of ketones is 1. The van der Waals surface area contributed by atoms with Gasteiger partial charge in [-0.15, -0.1) is 0 Å². The fraction of sp³-hybridized carbons (Fsp3) is 0.158. The fourth-order valence-corrected chi connectivity index (χ4v) is 3.61. The van der Waals surface area contributed by atoms with Crippen molar-refractivity contribution in [3.8, 4) is 0 Å². The number of anilines is 2. The molecular weight excluding hydrogens is 389 g/mol. The summed E-state index contributed by atoms with van der Waals surface area (Å²) in [7, 11) is 0. The molecule has 2 amide bonds. The van der Waals surface area contributed by atoms with Gasteiger partial charge < -0.3 is 0 Å². The number of imide groups is 1. The quantitative estimate of drug-likeness (QED) is 0.739. The minimum Gasteiger partial charge on any atom is -0.293 e. The lowest BCUT2D eigenvalue weighted by atomic mass is 9.95. The van der Waals surface area contributed by atoms with Gasteiger partial charge >= 0.3 is 0 Å². The molecule has 1 saturated heterocycles. The maximum atomic E-state index is 13.1. The average molecular weight is 402 g/mol. The van der Waals surface area contributed by atoms with Crippen molar-refractivity contribution in [3.05, 3.63) is 58.6 Å². The summed E-state index contributed by atoms with van der Waals surface area (Å²) in [5, 5.41) is 6.73. The molecule has 0 aromatic heterocycles. The van der Waals surface area contributed by atoms with Gasteiger partial charge in [0.05, 0.1) is 11.4 Å². The summed E-state index contributed by atoms with van der Waals surface area (Å²) in [4.78, 5) is 39.3. The van der Waals surface area contributed by atoms with E-state index in [2.05, 4.69) is 5.10 Å². The molecule has 2 aliphatic rings. The van der Waals surface area contributed by atoms with Gasteiger partial charge in [-0.25, -0.2) is 4.90 Å². The van der Waals surface area contributed by atoms with Gasteiger partial charge in [0.25, 0.3) is 5.91 Å². The molecule has 0 spiro atoms. The van der Waals surface area contributed by atoms with Crippen LogP contribution in [0.5, 0.6) is 0 Å². The second-order valence-corrected chi connectivity index (χ2v) is 7.15. The molecule has 0 saturated carbocycles. The molecule has 2 heterocycles. The summed E-state index contributed by atoms with van der Waals surface area (Å²) in [5.41, 5.74) is 1.05. The van der Waals surface area contributed by atoms with Crippen molar-refractivity contribution in [2.24, 2.45) is 11.0 Å². The Morgan fingerprint density at radius 1 is 0.889 bits per heavy atom. The normalized spacial score (nSPS) is 21.5. The molecule has 0 N–H and O–H groups in total. The Morgan fingerprint density at radius 2 is 1.41 bits per heavy atom. The predicted octanol–water partition coefficient (Wildman–Crippen LogP) is 3.32. The van der Waals surface area contributed by atoms with Crippen molar-refractivity contribution in [3.63, 3.8) is 0 Å². The molecule has 27 heavy (non-hydrogen) atoms. The molecule has 2 aromatic carbocycles. The number of hydrogen-bond donors (Lipinski definition) is 0. The van der Waals surface area contributed by atoms with Crippen LogP contribution in [-0.4, -0.2) is 29.4 Å². The first-order valence-electron chi connectivity index (χ1n) is 8.16. The third-order valence-corrected chi connectivity index (χ3v) is 5.09. The second kappa shape index (κ2) is 6.48. The van der Waals surface area contributed by atoms with Crippen LogP contribution in [0.1, 0.15) is 6.92 Å². The number of carbonyl (C=O) groups is 3. The maximum Gasteiger partial charge on any atom is 0.259 e. The number of rotatable bonds is 3. The number of hydrogen-bond acceptors (Lipinski definition) is 5. The van der Waals surface area contributed by atoms with Gasteiger partial charge in [-0.3, -0.25) is 19.4 Å². The van der Waals surface area contributed by atoms with E-state index in [1.54, 1.807) is 48.5 Å². The number of fused-ring (bicyclic) bond motifs is 1. The monoisotopic (exact) mass is 401 g/mol. The number of carbonyl (C=O) groups excluding carboxylic acids is 3. The van der Waals surface area contributed by atoms with E-state index in [4.69, 9.17) is 23.2 Å². The number of Topliss-reactive ketones (excluding diaryl/α,β-unsaturated/α-hetero) is 1. The van der Waals surface area contributed by atoms with Crippen LogP contribution in [-0.2, 0) is 14.4 Å². The lowest BCUT2D eigenvalue weighted by molar-refractivity contribution is -0.122. The number of halogens is 2. The number of amides is 2. The van der Waals surface area contributed by atoms with E-state index in [9.17, 15) is 14.4 Å². The molecule has 1 fully saturated rings. The molecule has 2 atom stereocenters. The Labute approximate surface area is 165 Å². The lowest BCUT2D eigenvalue weighted by Gasteiger charge is -2.22. The number of benzene rings is 2. The first kappa shape index (κ1) is 17.7. The highest BCUT2D eigenvalue weighted by Crippen LogP contribution is 2.38. The highest BCUT2D eigenvalue weighted by molar-refractivity contribution is 6.49. The Bertz CT molecular complexity index is 986. The molecule has 6 nitrogen and oxygen atoms in total. The summed E-state index contributed by atoms with van der Waals surface area (Å²) in [5.74, 6) is -2.21. The van der Waals surface area contributed by atoms with E-state index in [1.165, 1.54) is 11.9 Å². The molecule has 136 valence electrons. The Balaban J connectivity index is 1.79. The summed E-state index contributed by atoms with van der Waals surface area (Å²) < 4.78 is 0. The standard InChI is InChI=1S/C19H13Cl2N3O3/c1-10(25)16-15-17(24(22-16)14-8-4-12(21)5-9-14)19(27)23(18(15)26)13-6-2-11(20)3-7-13/h2-9,15,17H,1H3. The number of hydrazone groups is 1. The smallest absolute Gasteiger partial charge is 0.259 e. The Morgan fingerprint density at radius 3 is 1.93 bits per heavy atom. The lowest BCUT2D eigenvalue weighted by Crippen LogP contribution is -2.39. The highest BCUT2D eigenvalue weighted by atomic mass is 35.5. The van der Waals surface area contributed by atoms with Crippen LogP contribution >= 0.6 is 23.2 Å². The van der Waals surface area contributed by atoms with Gasteiger partial charge in [-0.2, -0.15) is 5.10 Å². The molecule has 2 aromatic rings. The predicted molar refractivity (Wildman–Crippen MR) is 103 cm³/mol. The molecular formula is C19H13Cl2N3O3. The van der Waals surface area contributed by atoms with Crippen LogP contribution in [0.4, 0.5) is 11.4 Å². The zero-order chi connectivity index (χ0) is 19.3. The molecule has 0 bridgehead atoms. The molecule has 2 unspecified atom stereocenters. The third-order valence-electron chi connectivity index (χ3n) is 4.59. The van der Waals surface area contributed by atoms with E-state index >= 15 is 0 Å². The first-order valence-corrected chi connectivity index (χ1v) is 8.91. The minimum atomic E-state index is -0.943. The SMILES string of the molecule is CC(=O)C1=NN(c2ccc(Cl)cc2)C2C(=O)N(c3ccc(Cl)cc3)C(=O)C12. The van der Waals surface area contributed by atoms with Crippen molar-refractivity contribution in [1.82, 2.24) is 0 Å². The first-order chi connectivity index (χ1) is 12.9. The number of nitrogens with zero attached hydrogens (tertiary/aromatic N) is 3. The van der Waals surface area contributed by atoms with Gasteiger partial charge in [0.15, 0.2) is 5.78 Å². The zero-order valence-electron chi connectivity index (χ0n) is 14.1. The summed E-state index contributed by atoms with van der Waals surface area (Å²) in [6, 6.07) is 12.2. The van der Waals surface area contributed by atoms with E-state index in [-0.39, 0.29) is 11.5 Å². The molecule has 0 radical (unpaired) electrons. The van der Waals surface area contributed by atoms with Crippen molar-refractivity contribution < 1.29 is 14.4 Å². The van der Waals surface area contributed by atoms with Crippen LogP contribution < -0.4 is 9.91 Å². The second-order valence-electron chi connectivity index (χ2n) is 6.27. The van der Waals surface area contributed by atoms with Crippen LogP contribution in [0.2, 0.25) is 10.0 Å².